The molecule has 0 aliphatic heterocycles. The first-order valence-corrected chi connectivity index (χ1v) is 15.6. The van der Waals surface area contributed by atoms with Gasteiger partial charge in [0.25, 0.3) is 0 Å². The summed E-state index contributed by atoms with van der Waals surface area (Å²) in [4.78, 5) is 30.6. The van der Waals surface area contributed by atoms with Gasteiger partial charge in [-0.3, -0.25) is 9.69 Å². The maximum absolute atomic E-state index is 14.2. The van der Waals surface area contributed by atoms with Crippen molar-refractivity contribution in [2.45, 2.75) is 26.6 Å². The molecule has 0 radical (unpaired) electrons. The average Bonchev–Trinajstić information content (AvgIpc) is 3.43. The smallest absolute Gasteiger partial charge is 0.497 e. The Bertz CT molecular complexity index is 2020. The monoisotopic (exact) mass is 618 g/mol. The summed E-state index contributed by atoms with van der Waals surface area (Å²) in [5.41, 5.74) is 3.75. The van der Waals surface area contributed by atoms with Gasteiger partial charge in [-0.05, 0) is 77.3 Å². The fourth-order valence-corrected chi connectivity index (χ4v) is 6.87. The summed E-state index contributed by atoms with van der Waals surface area (Å²) in [6, 6.07) is 32.7. The molecule has 45 heavy (non-hydrogen) atoms. The topological polar surface area (TPSA) is 70.0 Å². The lowest BCUT2D eigenvalue weighted by molar-refractivity contribution is 0.104. The van der Waals surface area contributed by atoms with E-state index in [9.17, 15) is 9.59 Å². The van der Waals surface area contributed by atoms with E-state index >= 15 is 0 Å². The lowest BCUT2D eigenvalue weighted by atomic mass is 10.0. The second-order valence-electron chi connectivity index (χ2n) is 10.9. The van der Waals surface area contributed by atoms with E-state index in [0.717, 1.165) is 42.9 Å². The molecule has 0 amide bonds. The highest BCUT2D eigenvalue weighted by atomic mass is 32.1. The molecule has 228 valence electrons. The minimum absolute atomic E-state index is 0.0622. The fourth-order valence-electron chi connectivity index (χ4n) is 5.58. The number of aromatic nitrogens is 1. The van der Waals surface area contributed by atoms with Gasteiger partial charge in [0, 0.05) is 24.5 Å². The van der Waals surface area contributed by atoms with Gasteiger partial charge in [0.05, 0.1) is 25.3 Å². The third kappa shape index (κ3) is 6.62. The molecule has 6 rings (SSSR count). The zero-order chi connectivity index (χ0) is 31.3. The number of ether oxygens (including phenoxy) is 3. The summed E-state index contributed by atoms with van der Waals surface area (Å²) in [7, 11) is 3.68. The van der Waals surface area contributed by atoms with Crippen molar-refractivity contribution in [2.24, 2.45) is 0 Å². The third-order valence-corrected chi connectivity index (χ3v) is 8.99. The molecular weight excluding hydrogens is 584 g/mol. The highest BCUT2D eigenvalue weighted by Gasteiger charge is 2.24. The van der Waals surface area contributed by atoms with E-state index in [4.69, 9.17) is 14.2 Å². The molecule has 8 heteroatoms. The Morgan fingerprint density at radius 1 is 0.867 bits per heavy atom. The molecule has 0 N–H and O–H groups in total. The third-order valence-electron chi connectivity index (χ3n) is 7.67. The first-order valence-electron chi connectivity index (χ1n) is 14.8. The van der Waals surface area contributed by atoms with Crippen LogP contribution in [-0.4, -0.2) is 36.4 Å². The number of benzene rings is 4. The van der Waals surface area contributed by atoms with Crippen LogP contribution in [0.15, 0.2) is 108 Å². The molecule has 0 atom stereocenters. The number of hydrogen-bond donors (Lipinski definition) is 0. The number of carbonyl (C=O) groups excluding carboxylic acids is 1. The second kappa shape index (κ2) is 13.4. The van der Waals surface area contributed by atoms with Crippen LogP contribution in [0, 0.1) is 0 Å². The lowest BCUT2D eigenvalue weighted by Gasteiger charge is -2.18. The largest absolute Gasteiger partial charge is 0.514 e. The van der Waals surface area contributed by atoms with Crippen molar-refractivity contribution >= 4 is 38.5 Å². The number of carbonyl (C=O) groups is 1. The zero-order valence-corrected chi connectivity index (χ0v) is 26.3. The van der Waals surface area contributed by atoms with Gasteiger partial charge in [0.2, 0.25) is 5.43 Å². The molecule has 0 unspecified atom stereocenters. The quantitative estimate of drug-likeness (QED) is 0.145. The van der Waals surface area contributed by atoms with Gasteiger partial charge in [-0.1, -0.05) is 66.7 Å². The normalized spacial score (nSPS) is 11.3. The summed E-state index contributed by atoms with van der Waals surface area (Å²) in [6.07, 6.45) is 0.724. The Hall–Kier alpha value is -4.92. The Balaban J connectivity index is 1.52. The Labute approximate surface area is 265 Å². The van der Waals surface area contributed by atoms with E-state index in [0.29, 0.717) is 25.0 Å². The van der Waals surface area contributed by atoms with Crippen molar-refractivity contribution in [3.8, 4) is 21.9 Å². The SMILES string of the molecule is CCOC(=O)Oc1cn(Cc2ccc3ccccc3c2)c2sc(-c3ccc(OC)cc3)c(CN(C)Cc3ccccc3)c2c1=O. The van der Waals surface area contributed by atoms with Gasteiger partial charge in [-0.2, -0.15) is 0 Å². The number of fused-ring (bicyclic) bond motifs is 2. The summed E-state index contributed by atoms with van der Waals surface area (Å²) in [5, 5.41) is 2.82. The Morgan fingerprint density at radius 3 is 2.33 bits per heavy atom. The van der Waals surface area contributed by atoms with Crippen molar-refractivity contribution in [1.29, 1.82) is 0 Å². The van der Waals surface area contributed by atoms with Crippen molar-refractivity contribution < 1.29 is 19.0 Å². The maximum atomic E-state index is 14.2. The molecule has 7 nitrogen and oxygen atoms in total. The second-order valence-corrected chi connectivity index (χ2v) is 11.9. The van der Waals surface area contributed by atoms with Crippen LogP contribution in [-0.2, 0) is 24.4 Å². The number of hydrogen-bond acceptors (Lipinski definition) is 7. The maximum Gasteiger partial charge on any atom is 0.514 e. The van der Waals surface area contributed by atoms with Gasteiger partial charge in [0.1, 0.15) is 10.6 Å². The van der Waals surface area contributed by atoms with Crippen molar-refractivity contribution in [3.05, 3.63) is 130 Å². The standard InChI is InChI=1S/C37H34N2O5S/c1-4-43-37(41)44-32-24-39(22-26-14-15-27-12-8-9-13-29(27)20-26)36-33(34(32)40)31(23-38(2)21-25-10-6-5-7-11-25)35(45-36)28-16-18-30(42-3)19-17-28/h5-20,24H,4,21-23H2,1-3H3. The van der Waals surface area contributed by atoms with Crippen LogP contribution in [0.5, 0.6) is 11.5 Å². The number of rotatable bonds is 10. The van der Waals surface area contributed by atoms with E-state index < -0.39 is 6.16 Å². The predicted octanol–water partition coefficient (Wildman–Crippen LogP) is 8.11. The van der Waals surface area contributed by atoms with Crippen molar-refractivity contribution in [1.82, 2.24) is 9.47 Å². The molecule has 6 aromatic rings. The summed E-state index contributed by atoms with van der Waals surface area (Å²) < 4.78 is 18.0. The van der Waals surface area contributed by atoms with Gasteiger partial charge < -0.3 is 18.8 Å². The minimum Gasteiger partial charge on any atom is -0.497 e. The first kappa shape index (κ1) is 30.1. The average molecular weight is 619 g/mol. The van der Waals surface area contributed by atoms with Crippen LogP contribution in [0.3, 0.4) is 0 Å². The summed E-state index contributed by atoms with van der Waals surface area (Å²) in [6.45, 7) is 3.52. The zero-order valence-electron chi connectivity index (χ0n) is 25.5. The number of pyridine rings is 1. The lowest BCUT2D eigenvalue weighted by Crippen LogP contribution is -2.21. The fraction of sp³-hybridized carbons (Fsp3) is 0.189. The van der Waals surface area contributed by atoms with Crippen LogP contribution in [0.2, 0.25) is 0 Å². The number of methoxy groups -OCH3 is 1. The molecule has 0 spiro atoms. The molecule has 0 saturated carbocycles. The highest BCUT2D eigenvalue weighted by molar-refractivity contribution is 7.22. The molecule has 0 bridgehead atoms. The first-order chi connectivity index (χ1) is 21.9. The van der Waals surface area contributed by atoms with E-state index in [1.807, 2.05) is 66.2 Å². The van der Waals surface area contributed by atoms with Crippen LogP contribution >= 0.6 is 11.3 Å². The van der Waals surface area contributed by atoms with E-state index in [1.165, 1.54) is 5.56 Å². The van der Waals surface area contributed by atoms with E-state index in [2.05, 4.69) is 47.4 Å². The van der Waals surface area contributed by atoms with Gasteiger partial charge >= 0.3 is 6.16 Å². The van der Waals surface area contributed by atoms with Gasteiger partial charge in [-0.15, -0.1) is 11.3 Å². The van der Waals surface area contributed by atoms with Gasteiger partial charge in [0.15, 0.2) is 5.75 Å². The molecule has 0 aliphatic rings. The molecule has 0 saturated heterocycles. The van der Waals surface area contributed by atoms with Gasteiger partial charge in [-0.25, -0.2) is 4.79 Å². The molecule has 2 heterocycles. The highest BCUT2D eigenvalue weighted by Crippen LogP contribution is 2.40. The van der Waals surface area contributed by atoms with Crippen LogP contribution in [0.1, 0.15) is 23.6 Å². The molecular formula is C37H34N2O5S. The Morgan fingerprint density at radius 2 is 1.60 bits per heavy atom. The van der Waals surface area contributed by atoms with E-state index in [1.54, 1.807) is 31.6 Å². The van der Waals surface area contributed by atoms with Crippen LogP contribution in [0.4, 0.5) is 4.79 Å². The number of thiophene rings is 1. The molecule has 2 aromatic heterocycles. The molecule has 0 aliphatic carbocycles. The van der Waals surface area contributed by atoms with Crippen LogP contribution in [0.25, 0.3) is 31.4 Å². The number of nitrogens with zero attached hydrogens (tertiary/aromatic N) is 2. The van der Waals surface area contributed by atoms with Crippen LogP contribution < -0.4 is 14.9 Å². The summed E-state index contributed by atoms with van der Waals surface area (Å²) in [5.74, 6) is 0.691. The van der Waals surface area contributed by atoms with Crippen molar-refractivity contribution in [2.75, 3.05) is 20.8 Å². The van der Waals surface area contributed by atoms with Crippen molar-refractivity contribution in [3.63, 3.8) is 0 Å². The Kier molecular flexibility index (Phi) is 8.96. The summed E-state index contributed by atoms with van der Waals surface area (Å²) >= 11 is 1.56. The molecule has 0 fully saturated rings. The predicted molar refractivity (Wildman–Crippen MR) is 180 cm³/mol. The minimum atomic E-state index is -0.903. The molecule has 4 aromatic carbocycles. The van der Waals surface area contributed by atoms with E-state index in [-0.39, 0.29) is 17.8 Å².